The molecule has 1 N–H and O–H groups in total. The second-order valence-corrected chi connectivity index (χ2v) is 9.94. The first-order chi connectivity index (χ1) is 16.1. The summed E-state index contributed by atoms with van der Waals surface area (Å²) in [5.74, 6) is 0. The smallest absolute Gasteiger partial charge is 0.446 e. The Balaban J connectivity index is 0.000000469. The Bertz CT molecular complexity index is 860. The van der Waals surface area contributed by atoms with Crippen molar-refractivity contribution in [3.8, 4) is 0 Å². The predicted octanol–water partition coefficient (Wildman–Crippen LogP) is 4.72. The van der Waals surface area contributed by atoms with Crippen LogP contribution in [-0.4, -0.2) is 53.7 Å². The van der Waals surface area contributed by atoms with Gasteiger partial charge in [0.1, 0.15) is 6.10 Å². The van der Waals surface area contributed by atoms with Crippen molar-refractivity contribution in [2.24, 2.45) is 0 Å². The molecule has 1 amide bonds. The van der Waals surface area contributed by atoms with Crippen LogP contribution >= 0.6 is 0 Å². The Morgan fingerprint density at radius 1 is 1.00 bits per heavy atom. The Morgan fingerprint density at radius 2 is 1.53 bits per heavy atom. The number of hydrogen-bond acceptors (Lipinski definition) is 5. The molecule has 0 saturated carbocycles. The number of benzene rings is 2. The minimum atomic E-state index is -0.387. The van der Waals surface area contributed by atoms with Crippen LogP contribution < -0.4 is 5.46 Å². The summed E-state index contributed by atoms with van der Waals surface area (Å²) >= 11 is 0. The number of hydrogen-bond donors (Lipinski definition) is 1. The minimum absolute atomic E-state index is 0.0707. The van der Waals surface area contributed by atoms with E-state index in [2.05, 4.69) is 0 Å². The number of carbonyl (C=O) groups excluding carboxylic acids is 1. The van der Waals surface area contributed by atoms with E-state index in [0.717, 1.165) is 17.4 Å². The van der Waals surface area contributed by atoms with Crippen molar-refractivity contribution in [1.82, 2.24) is 4.90 Å². The van der Waals surface area contributed by atoms with Gasteiger partial charge in [-0.25, -0.2) is 4.79 Å². The van der Waals surface area contributed by atoms with Crippen LogP contribution in [0, 0.1) is 0 Å². The first-order valence-electron chi connectivity index (χ1n) is 12.2. The van der Waals surface area contributed by atoms with E-state index < -0.39 is 0 Å². The molecule has 2 aliphatic rings. The maximum atomic E-state index is 12.4. The zero-order valence-corrected chi connectivity index (χ0v) is 21.1. The van der Waals surface area contributed by atoms with Gasteiger partial charge >= 0.3 is 13.2 Å². The molecular weight excluding hydrogens is 429 g/mol. The normalized spacial score (nSPS) is 21.9. The monoisotopic (exact) mass is 467 g/mol. The maximum Gasteiger partial charge on any atom is 0.494 e. The highest BCUT2D eigenvalue weighted by atomic mass is 16.7. The van der Waals surface area contributed by atoms with Crippen LogP contribution in [0.15, 0.2) is 60.7 Å². The molecule has 2 saturated heterocycles. The summed E-state index contributed by atoms with van der Waals surface area (Å²) in [5.41, 5.74) is 1.28. The van der Waals surface area contributed by atoms with Gasteiger partial charge in [-0.2, -0.15) is 0 Å². The molecule has 2 fully saturated rings. The topological polar surface area (TPSA) is 68.2 Å². The summed E-state index contributed by atoms with van der Waals surface area (Å²) in [6, 6.07) is 20.0. The largest absolute Gasteiger partial charge is 0.494 e. The Morgan fingerprint density at radius 3 is 2.00 bits per heavy atom. The third kappa shape index (κ3) is 6.41. The minimum Gasteiger partial charge on any atom is -0.446 e. The van der Waals surface area contributed by atoms with Crippen molar-refractivity contribution in [2.45, 2.75) is 77.2 Å². The number of rotatable bonds is 6. The molecule has 0 bridgehead atoms. The number of aliphatic hydroxyl groups excluding tert-OH is 1. The molecule has 2 heterocycles. The number of carbonyl (C=O) groups is 1. The number of cyclic esters (lactones) is 1. The second-order valence-electron chi connectivity index (χ2n) is 9.94. The van der Waals surface area contributed by atoms with E-state index in [-0.39, 0.29) is 43.2 Å². The van der Waals surface area contributed by atoms with E-state index in [1.54, 1.807) is 4.90 Å². The van der Waals surface area contributed by atoms with E-state index in [9.17, 15) is 4.79 Å². The van der Waals surface area contributed by atoms with Crippen molar-refractivity contribution in [3.63, 3.8) is 0 Å². The highest BCUT2D eigenvalue weighted by Gasteiger charge is 2.51. The van der Waals surface area contributed by atoms with Gasteiger partial charge in [-0.15, -0.1) is 0 Å². The number of aliphatic hydroxyl groups is 1. The lowest BCUT2D eigenvalue weighted by molar-refractivity contribution is 0.00578. The summed E-state index contributed by atoms with van der Waals surface area (Å²) in [6.45, 7) is 11.0. The highest BCUT2D eigenvalue weighted by molar-refractivity contribution is 6.62. The molecule has 0 spiro atoms. The Hall–Kier alpha value is -2.35. The third-order valence-electron chi connectivity index (χ3n) is 6.96. The Kier molecular flexibility index (Phi) is 8.80. The van der Waals surface area contributed by atoms with E-state index in [1.165, 1.54) is 0 Å². The fourth-order valence-electron chi connectivity index (χ4n) is 3.99. The SMILES string of the molecule is CC(c1ccc(B2OC(C)(C)C(C)(C)O2)cc1)N1CC[C@@H](CCCO)OC1=O.c1ccccc1. The van der Waals surface area contributed by atoms with Gasteiger partial charge < -0.3 is 24.1 Å². The van der Waals surface area contributed by atoms with Gasteiger partial charge in [0, 0.05) is 19.6 Å². The first kappa shape index (κ1) is 26.3. The Labute approximate surface area is 204 Å². The molecule has 2 aromatic rings. The fraction of sp³-hybridized carbons (Fsp3) is 0.519. The first-order valence-corrected chi connectivity index (χ1v) is 12.2. The average Bonchev–Trinajstić information content (AvgIpc) is 3.05. The zero-order chi connectivity index (χ0) is 24.8. The van der Waals surface area contributed by atoms with Crippen molar-refractivity contribution in [3.05, 3.63) is 66.2 Å². The van der Waals surface area contributed by atoms with Crippen LogP contribution in [0.2, 0.25) is 0 Å². The van der Waals surface area contributed by atoms with Gasteiger partial charge in [0.05, 0.1) is 17.2 Å². The zero-order valence-electron chi connectivity index (χ0n) is 21.1. The number of nitrogens with zero attached hydrogens (tertiary/aromatic N) is 1. The van der Waals surface area contributed by atoms with Gasteiger partial charge in [0.25, 0.3) is 0 Å². The quantitative estimate of drug-likeness (QED) is 0.623. The van der Waals surface area contributed by atoms with Gasteiger partial charge in [-0.3, -0.25) is 0 Å². The highest BCUT2D eigenvalue weighted by Crippen LogP contribution is 2.36. The van der Waals surface area contributed by atoms with E-state index >= 15 is 0 Å². The molecule has 0 radical (unpaired) electrons. The predicted molar refractivity (Wildman–Crippen MR) is 135 cm³/mol. The van der Waals surface area contributed by atoms with Crippen LogP contribution in [0.5, 0.6) is 0 Å². The molecule has 34 heavy (non-hydrogen) atoms. The molecule has 2 aromatic carbocycles. The second kappa shape index (κ2) is 11.4. The van der Waals surface area contributed by atoms with Crippen LogP contribution in [-0.2, 0) is 14.0 Å². The lowest BCUT2D eigenvalue weighted by Gasteiger charge is -2.35. The van der Waals surface area contributed by atoms with Crippen LogP contribution in [0.4, 0.5) is 4.79 Å². The van der Waals surface area contributed by atoms with Crippen molar-refractivity contribution < 1.29 is 23.9 Å². The van der Waals surface area contributed by atoms with Gasteiger partial charge in [-0.05, 0) is 58.5 Å². The number of ether oxygens (including phenoxy) is 1. The van der Waals surface area contributed by atoms with Gasteiger partial charge in [0.15, 0.2) is 0 Å². The van der Waals surface area contributed by atoms with Gasteiger partial charge in [-0.1, -0.05) is 60.7 Å². The average molecular weight is 467 g/mol. The van der Waals surface area contributed by atoms with Crippen LogP contribution in [0.3, 0.4) is 0 Å². The maximum absolute atomic E-state index is 12.4. The molecule has 1 unspecified atom stereocenters. The summed E-state index contributed by atoms with van der Waals surface area (Å²) in [6.07, 6.45) is 1.80. The van der Waals surface area contributed by atoms with Gasteiger partial charge in [0.2, 0.25) is 0 Å². The van der Waals surface area contributed by atoms with Crippen LogP contribution in [0.1, 0.15) is 65.5 Å². The van der Waals surface area contributed by atoms with Crippen molar-refractivity contribution >= 4 is 18.7 Å². The molecule has 184 valence electrons. The molecule has 6 nitrogen and oxygen atoms in total. The molecule has 0 aliphatic carbocycles. The fourth-order valence-corrected chi connectivity index (χ4v) is 3.99. The lowest BCUT2D eigenvalue weighted by Crippen LogP contribution is -2.43. The lowest BCUT2D eigenvalue weighted by atomic mass is 9.78. The standard InChI is InChI=1S/C21H32BNO5.C6H6/c1-15(23-13-12-18(7-6-14-24)26-19(23)25)16-8-10-17(11-9-16)22-27-20(2,3)21(4,5)28-22;1-2-4-6-5-3-1/h8-11,15,18,24H,6-7,12-14H2,1-5H3;1-6H/t15?,18-;/m1./s1. The molecular formula is C27H38BNO5. The third-order valence-corrected chi connectivity index (χ3v) is 6.96. The van der Waals surface area contributed by atoms with Crippen molar-refractivity contribution in [2.75, 3.05) is 13.2 Å². The summed E-state index contributed by atoms with van der Waals surface area (Å²) in [4.78, 5) is 14.2. The summed E-state index contributed by atoms with van der Waals surface area (Å²) in [5, 5.41) is 8.94. The number of amides is 1. The summed E-state index contributed by atoms with van der Waals surface area (Å²) < 4.78 is 17.7. The molecule has 4 rings (SSSR count). The van der Waals surface area contributed by atoms with E-state index in [4.69, 9.17) is 19.2 Å². The summed E-state index contributed by atoms with van der Waals surface area (Å²) in [7, 11) is -0.387. The van der Waals surface area contributed by atoms with E-state index in [1.807, 2.05) is 95.3 Å². The molecule has 2 aliphatic heterocycles. The molecule has 0 aromatic heterocycles. The molecule has 2 atom stereocenters. The van der Waals surface area contributed by atoms with Crippen molar-refractivity contribution in [1.29, 1.82) is 0 Å². The van der Waals surface area contributed by atoms with Crippen LogP contribution in [0.25, 0.3) is 0 Å². The molecule has 7 heteroatoms. The van der Waals surface area contributed by atoms with E-state index in [0.29, 0.717) is 19.4 Å².